The van der Waals surface area contributed by atoms with E-state index in [9.17, 15) is 5.11 Å². The van der Waals surface area contributed by atoms with Crippen LogP contribution in [0.15, 0.2) is 0 Å². The third kappa shape index (κ3) is 4.01. The number of aliphatic hydroxyl groups is 1. The molecule has 0 aromatic heterocycles. The summed E-state index contributed by atoms with van der Waals surface area (Å²) >= 11 is 0. The zero-order valence-corrected chi connectivity index (χ0v) is 10.9. The number of aliphatic hydroxyl groups excluding tert-OH is 1. The van der Waals surface area contributed by atoms with Gasteiger partial charge in [-0.1, -0.05) is 0 Å². The molecule has 1 saturated carbocycles. The number of nitrogens with zero attached hydrogens (tertiary/aromatic N) is 2. The average Bonchev–Trinajstić information content (AvgIpc) is 2.61. The smallest absolute Gasteiger partial charge is 0.0611 e. The second-order valence-corrected chi connectivity index (χ2v) is 5.55. The lowest BCUT2D eigenvalue weighted by Gasteiger charge is -2.27. The summed E-state index contributed by atoms with van der Waals surface area (Å²) in [6.45, 7) is 2.37. The van der Waals surface area contributed by atoms with E-state index in [-0.39, 0.29) is 12.1 Å². The van der Waals surface area contributed by atoms with Gasteiger partial charge in [0.05, 0.1) is 6.61 Å². The molecule has 3 N–H and O–H groups in total. The summed E-state index contributed by atoms with van der Waals surface area (Å²) < 4.78 is 0. The zero-order chi connectivity index (χ0) is 12.2. The topological polar surface area (TPSA) is 52.7 Å². The molecule has 0 saturated heterocycles. The Kier molecular flexibility index (Phi) is 5.18. The molecular formula is C12H27N3O. The molecular weight excluding hydrogens is 202 g/mol. The standard InChI is InChI=1S/C12H27N3O/c1-14(2)7-4-8-15(3)11-5-6-12(13,9-11)10-16/h11,16H,4-10,13H2,1-3H3. The Balaban J connectivity index is 2.25. The Hall–Kier alpha value is -0.160. The molecule has 4 heteroatoms. The van der Waals surface area contributed by atoms with Gasteiger partial charge >= 0.3 is 0 Å². The molecule has 1 rings (SSSR count). The minimum atomic E-state index is -0.319. The molecule has 0 amide bonds. The Morgan fingerprint density at radius 1 is 1.31 bits per heavy atom. The molecule has 0 spiro atoms. The van der Waals surface area contributed by atoms with Crippen molar-refractivity contribution in [2.45, 2.75) is 37.3 Å². The highest BCUT2D eigenvalue weighted by atomic mass is 16.3. The second-order valence-electron chi connectivity index (χ2n) is 5.55. The highest BCUT2D eigenvalue weighted by Crippen LogP contribution is 2.30. The number of hydrogen-bond acceptors (Lipinski definition) is 4. The van der Waals surface area contributed by atoms with Gasteiger partial charge in [-0.2, -0.15) is 0 Å². The highest BCUT2D eigenvalue weighted by Gasteiger charge is 2.36. The predicted molar refractivity (Wildman–Crippen MR) is 67.4 cm³/mol. The van der Waals surface area contributed by atoms with Gasteiger partial charge in [-0.05, 0) is 59.9 Å². The maximum Gasteiger partial charge on any atom is 0.0611 e. The first-order chi connectivity index (χ1) is 7.47. The SMILES string of the molecule is CN(C)CCCN(C)C1CCC(N)(CO)C1. The molecule has 2 unspecified atom stereocenters. The summed E-state index contributed by atoms with van der Waals surface area (Å²) in [7, 11) is 6.38. The van der Waals surface area contributed by atoms with E-state index in [1.54, 1.807) is 0 Å². The van der Waals surface area contributed by atoms with Crippen LogP contribution in [0.4, 0.5) is 0 Å². The highest BCUT2D eigenvalue weighted by molar-refractivity contribution is 4.96. The molecule has 0 aromatic carbocycles. The minimum absolute atomic E-state index is 0.120. The third-order valence-electron chi connectivity index (χ3n) is 3.67. The van der Waals surface area contributed by atoms with Gasteiger partial charge in [0.25, 0.3) is 0 Å². The first-order valence-corrected chi connectivity index (χ1v) is 6.21. The van der Waals surface area contributed by atoms with Crippen molar-refractivity contribution in [2.24, 2.45) is 5.73 Å². The van der Waals surface area contributed by atoms with Crippen LogP contribution >= 0.6 is 0 Å². The van der Waals surface area contributed by atoms with Gasteiger partial charge in [0.1, 0.15) is 0 Å². The van der Waals surface area contributed by atoms with Crippen molar-refractivity contribution in [3.05, 3.63) is 0 Å². The molecule has 0 radical (unpaired) electrons. The van der Waals surface area contributed by atoms with Crippen molar-refractivity contribution in [1.82, 2.24) is 9.80 Å². The summed E-state index contributed by atoms with van der Waals surface area (Å²) in [5, 5.41) is 9.22. The van der Waals surface area contributed by atoms with Crippen LogP contribution in [0.5, 0.6) is 0 Å². The van der Waals surface area contributed by atoms with Crippen LogP contribution < -0.4 is 5.73 Å². The molecule has 4 nitrogen and oxygen atoms in total. The van der Waals surface area contributed by atoms with E-state index in [1.165, 1.54) is 6.42 Å². The van der Waals surface area contributed by atoms with Crippen molar-refractivity contribution in [3.8, 4) is 0 Å². The van der Waals surface area contributed by atoms with Gasteiger partial charge in [-0.3, -0.25) is 0 Å². The Labute approximate surface area is 99.4 Å². The first kappa shape index (κ1) is 13.9. The number of rotatable bonds is 6. The lowest BCUT2D eigenvalue weighted by molar-refractivity contribution is 0.178. The molecule has 1 aliphatic carbocycles. The summed E-state index contributed by atoms with van der Waals surface area (Å²) in [6.07, 6.45) is 4.19. The fourth-order valence-electron chi connectivity index (χ4n) is 2.47. The maximum absolute atomic E-state index is 9.22. The van der Waals surface area contributed by atoms with Crippen molar-refractivity contribution < 1.29 is 5.11 Å². The van der Waals surface area contributed by atoms with Gasteiger partial charge in [0.2, 0.25) is 0 Å². The summed E-state index contributed by atoms with van der Waals surface area (Å²) in [5.41, 5.74) is 5.76. The molecule has 0 aromatic rings. The lowest BCUT2D eigenvalue weighted by atomic mass is 10.0. The van der Waals surface area contributed by atoms with Gasteiger partial charge < -0.3 is 20.6 Å². The van der Waals surface area contributed by atoms with Crippen LogP contribution in [0, 0.1) is 0 Å². The van der Waals surface area contributed by atoms with Crippen LogP contribution in [0.1, 0.15) is 25.7 Å². The first-order valence-electron chi connectivity index (χ1n) is 6.21. The molecule has 1 fully saturated rings. The van der Waals surface area contributed by atoms with Gasteiger partial charge in [-0.15, -0.1) is 0 Å². The summed E-state index contributed by atoms with van der Waals surface area (Å²) in [5.74, 6) is 0. The molecule has 2 atom stereocenters. The van der Waals surface area contributed by atoms with Crippen LogP contribution in [0.25, 0.3) is 0 Å². The van der Waals surface area contributed by atoms with Gasteiger partial charge in [0.15, 0.2) is 0 Å². The molecule has 1 aliphatic rings. The minimum Gasteiger partial charge on any atom is -0.394 e. The number of hydrogen-bond donors (Lipinski definition) is 2. The second kappa shape index (κ2) is 5.96. The normalized spacial score (nSPS) is 30.6. The predicted octanol–water partition coefficient (Wildman–Crippen LogP) is 0.112. The van der Waals surface area contributed by atoms with E-state index in [0.717, 1.165) is 32.4 Å². The van der Waals surface area contributed by atoms with E-state index in [2.05, 4.69) is 30.9 Å². The van der Waals surface area contributed by atoms with E-state index in [4.69, 9.17) is 5.73 Å². The number of nitrogens with two attached hydrogens (primary N) is 1. The van der Waals surface area contributed by atoms with Crippen molar-refractivity contribution in [1.29, 1.82) is 0 Å². The Bertz CT molecular complexity index is 210. The van der Waals surface area contributed by atoms with E-state index in [0.29, 0.717) is 6.04 Å². The maximum atomic E-state index is 9.22. The quantitative estimate of drug-likeness (QED) is 0.679. The van der Waals surface area contributed by atoms with Crippen LogP contribution in [0.3, 0.4) is 0 Å². The zero-order valence-electron chi connectivity index (χ0n) is 10.9. The molecule has 0 heterocycles. The average molecular weight is 229 g/mol. The van der Waals surface area contributed by atoms with E-state index >= 15 is 0 Å². The van der Waals surface area contributed by atoms with Crippen molar-refractivity contribution in [3.63, 3.8) is 0 Å². The fraction of sp³-hybridized carbons (Fsp3) is 1.00. The van der Waals surface area contributed by atoms with E-state index in [1.807, 2.05) is 0 Å². The monoisotopic (exact) mass is 229 g/mol. The van der Waals surface area contributed by atoms with Crippen molar-refractivity contribution in [2.75, 3.05) is 40.8 Å². The molecule has 96 valence electrons. The van der Waals surface area contributed by atoms with E-state index < -0.39 is 0 Å². The third-order valence-corrected chi connectivity index (χ3v) is 3.67. The Morgan fingerprint density at radius 3 is 2.50 bits per heavy atom. The van der Waals surface area contributed by atoms with Crippen LogP contribution in [0.2, 0.25) is 0 Å². The largest absolute Gasteiger partial charge is 0.394 e. The fourth-order valence-corrected chi connectivity index (χ4v) is 2.47. The van der Waals surface area contributed by atoms with Gasteiger partial charge in [-0.25, -0.2) is 0 Å². The molecule has 0 aliphatic heterocycles. The van der Waals surface area contributed by atoms with Gasteiger partial charge in [0, 0.05) is 11.6 Å². The van der Waals surface area contributed by atoms with Crippen molar-refractivity contribution >= 4 is 0 Å². The Morgan fingerprint density at radius 2 is 2.00 bits per heavy atom. The van der Waals surface area contributed by atoms with Crippen LogP contribution in [-0.4, -0.2) is 67.3 Å². The van der Waals surface area contributed by atoms with Crippen LogP contribution in [-0.2, 0) is 0 Å². The lowest BCUT2D eigenvalue weighted by Crippen LogP contribution is -2.43. The summed E-state index contributed by atoms with van der Waals surface area (Å²) in [6, 6.07) is 0.555. The summed E-state index contributed by atoms with van der Waals surface area (Å²) in [4.78, 5) is 4.61. The molecule has 0 bridgehead atoms. The molecule has 16 heavy (non-hydrogen) atoms.